The van der Waals surface area contributed by atoms with Crippen LogP contribution in [0, 0.1) is 0 Å². The van der Waals surface area contributed by atoms with E-state index in [0.717, 1.165) is 21.8 Å². The van der Waals surface area contributed by atoms with Gasteiger partial charge in [0.25, 0.3) is 0 Å². The molecule has 0 bridgehead atoms. The molecule has 0 aromatic carbocycles. The highest BCUT2D eigenvalue weighted by Crippen LogP contribution is 2.33. The predicted octanol–water partition coefficient (Wildman–Crippen LogP) is 2.60. The third-order valence-corrected chi connectivity index (χ3v) is 3.30. The molecule has 0 radical (unpaired) electrons. The topological polar surface area (TPSA) is 53.4 Å². The molecule has 4 nitrogen and oxygen atoms in total. The van der Waals surface area contributed by atoms with Gasteiger partial charge in [-0.1, -0.05) is 32.1 Å². The first-order valence-corrected chi connectivity index (χ1v) is 6.13. The molecule has 0 fully saturated rings. The highest BCUT2D eigenvalue weighted by molar-refractivity contribution is 7.16. The largest absolute Gasteiger partial charge is 0.478 e. The second-order valence-electron chi connectivity index (χ2n) is 5.03. The van der Waals surface area contributed by atoms with Gasteiger partial charge in [0.1, 0.15) is 0 Å². The molecule has 1 N–H and O–H groups in total. The third-order valence-electron chi connectivity index (χ3n) is 2.11. The molecule has 94 valence electrons. The van der Waals surface area contributed by atoms with E-state index < -0.39 is 5.97 Å². The van der Waals surface area contributed by atoms with E-state index in [1.807, 2.05) is 19.0 Å². The minimum Gasteiger partial charge on any atom is -0.478 e. The van der Waals surface area contributed by atoms with Crippen LogP contribution in [0.5, 0.6) is 0 Å². The molecule has 17 heavy (non-hydrogen) atoms. The standard InChI is InChI=1S/C12H18N2O2S/c1-12(2,3)10-8(6-7-9(15)16)17-11(13-10)14(4)5/h6-7H,1-5H3,(H,15,16)/b7-6+. The van der Waals surface area contributed by atoms with E-state index in [0.29, 0.717) is 0 Å². The number of carboxylic acids is 1. The van der Waals surface area contributed by atoms with E-state index in [1.54, 1.807) is 6.08 Å². The summed E-state index contributed by atoms with van der Waals surface area (Å²) in [5.41, 5.74) is 0.840. The van der Waals surface area contributed by atoms with Crippen molar-refractivity contribution >= 4 is 28.5 Å². The average Bonchev–Trinajstić information content (AvgIpc) is 2.57. The van der Waals surface area contributed by atoms with Crippen LogP contribution >= 0.6 is 11.3 Å². The summed E-state index contributed by atoms with van der Waals surface area (Å²) in [6, 6.07) is 0. The number of carbonyl (C=O) groups is 1. The van der Waals surface area contributed by atoms with Crippen molar-refractivity contribution in [3.05, 3.63) is 16.6 Å². The Balaban J connectivity index is 3.22. The summed E-state index contributed by atoms with van der Waals surface area (Å²) < 4.78 is 0. The van der Waals surface area contributed by atoms with Crippen molar-refractivity contribution in [3.8, 4) is 0 Å². The molecule has 0 saturated heterocycles. The zero-order valence-corrected chi connectivity index (χ0v) is 11.6. The van der Waals surface area contributed by atoms with Gasteiger partial charge in [0.05, 0.1) is 10.6 Å². The highest BCUT2D eigenvalue weighted by Gasteiger charge is 2.22. The van der Waals surface area contributed by atoms with Gasteiger partial charge in [-0.25, -0.2) is 9.78 Å². The van der Waals surface area contributed by atoms with Crippen molar-refractivity contribution in [2.24, 2.45) is 0 Å². The third kappa shape index (κ3) is 3.56. The molecular weight excluding hydrogens is 236 g/mol. The molecule has 0 saturated carbocycles. The first-order chi connectivity index (χ1) is 7.71. The summed E-state index contributed by atoms with van der Waals surface area (Å²) in [5, 5.41) is 9.56. The van der Waals surface area contributed by atoms with Crippen LogP contribution in [-0.2, 0) is 10.2 Å². The molecule has 0 aliphatic rings. The molecule has 0 aliphatic heterocycles. The van der Waals surface area contributed by atoms with E-state index in [2.05, 4.69) is 25.8 Å². The van der Waals surface area contributed by atoms with Gasteiger partial charge in [0.2, 0.25) is 0 Å². The Morgan fingerprint density at radius 3 is 2.41 bits per heavy atom. The molecule has 0 amide bonds. The lowest BCUT2D eigenvalue weighted by Crippen LogP contribution is -2.14. The van der Waals surface area contributed by atoms with Gasteiger partial charge in [0, 0.05) is 25.6 Å². The second kappa shape index (κ2) is 4.87. The fraction of sp³-hybridized carbons (Fsp3) is 0.500. The number of aromatic nitrogens is 1. The minimum atomic E-state index is -0.940. The van der Waals surface area contributed by atoms with Crippen molar-refractivity contribution in [2.45, 2.75) is 26.2 Å². The Hall–Kier alpha value is -1.36. The summed E-state index contributed by atoms with van der Waals surface area (Å²) in [6.45, 7) is 6.21. The van der Waals surface area contributed by atoms with Crippen molar-refractivity contribution in [1.82, 2.24) is 4.98 Å². The van der Waals surface area contributed by atoms with Gasteiger partial charge in [0.15, 0.2) is 5.13 Å². The fourth-order valence-electron chi connectivity index (χ4n) is 1.31. The van der Waals surface area contributed by atoms with Crippen LogP contribution in [-0.4, -0.2) is 30.2 Å². The Kier molecular flexibility index (Phi) is 3.93. The molecular formula is C12H18N2O2S. The van der Waals surface area contributed by atoms with Gasteiger partial charge >= 0.3 is 5.97 Å². The number of carboxylic acid groups (broad SMARTS) is 1. The van der Waals surface area contributed by atoms with Gasteiger partial charge in [-0.05, 0) is 6.08 Å². The van der Waals surface area contributed by atoms with Gasteiger partial charge in [-0.2, -0.15) is 0 Å². The summed E-state index contributed by atoms with van der Waals surface area (Å²) in [4.78, 5) is 18.0. The van der Waals surface area contributed by atoms with Crippen LogP contribution in [0.3, 0.4) is 0 Å². The zero-order chi connectivity index (χ0) is 13.2. The molecule has 1 aromatic rings. The maximum atomic E-state index is 10.6. The summed E-state index contributed by atoms with van der Waals surface area (Å²) >= 11 is 1.50. The number of hydrogen-bond donors (Lipinski definition) is 1. The second-order valence-corrected chi connectivity index (χ2v) is 6.03. The van der Waals surface area contributed by atoms with E-state index in [9.17, 15) is 4.79 Å². The predicted molar refractivity (Wildman–Crippen MR) is 71.8 cm³/mol. The fourth-order valence-corrected chi connectivity index (χ4v) is 2.41. The van der Waals surface area contributed by atoms with E-state index >= 15 is 0 Å². The minimum absolute atomic E-state index is 0.0943. The summed E-state index contributed by atoms with van der Waals surface area (Å²) in [5.74, 6) is -0.940. The van der Waals surface area contributed by atoms with E-state index in [-0.39, 0.29) is 5.41 Å². The van der Waals surface area contributed by atoms with Crippen molar-refractivity contribution in [2.75, 3.05) is 19.0 Å². The van der Waals surface area contributed by atoms with Crippen molar-refractivity contribution in [3.63, 3.8) is 0 Å². The van der Waals surface area contributed by atoms with Crippen LogP contribution in [0.2, 0.25) is 0 Å². The van der Waals surface area contributed by atoms with E-state index in [4.69, 9.17) is 5.11 Å². The highest BCUT2D eigenvalue weighted by atomic mass is 32.1. The zero-order valence-electron chi connectivity index (χ0n) is 10.8. The Labute approximate surface area is 106 Å². The molecule has 1 rings (SSSR count). The van der Waals surface area contributed by atoms with Crippen LogP contribution < -0.4 is 4.90 Å². The number of nitrogens with zero attached hydrogens (tertiary/aromatic N) is 2. The summed E-state index contributed by atoms with van der Waals surface area (Å²) in [7, 11) is 3.85. The Morgan fingerprint density at radius 2 is 2.00 bits per heavy atom. The normalized spacial score (nSPS) is 12.1. The van der Waals surface area contributed by atoms with Crippen LogP contribution in [0.1, 0.15) is 31.3 Å². The van der Waals surface area contributed by atoms with Crippen LogP contribution in [0.4, 0.5) is 5.13 Å². The van der Waals surface area contributed by atoms with Gasteiger partial charge < -0.3 is 10.0 Å². The van der Waals surface area contributed by atoms with Crippen molar-refractivity contribution in [1.29, 1.82) is 0 Å². The molecule has 1 aromatic heterocycles. The summed E-state index contributed by atoms with van der Waals surface area (Å²) in [6.07, 6.45) is 2.77. The molecule has 0 atom stereocenters. The maximum absolute atomic E-state index is 10.6. The van der Waals surface area contributed by atoms with E-state index in [1.165, 1.54) is 11.3 Å². The number of thiazole rings is 1. The lowest BCUT2D eigenvalue weighted by Gasteiger charge is -2.16. The number of hydrogen-bond acceptors (Lipinski definition) is 4. The maximum Gasteiger partial charge on any atom is 0.328 e. The first-order valence-electron chi connectivity index (χ1n) is 5.31. The van der Waals surface area contributed by atoms with Gasteiger partial charge in [-0.15, -0.1) is 0 Å². The quantitative estimate of drug-likeness (QED) is 0.842. The Bertz CT molecular complexity index is 442. The monoisotopic (exact) mass is 254 g/mol. The molecule has 0 aliphatic carbocycles. The van der Waals surface area contributed by atoms with Crippen LogP contribution in [0.15, 0.2) is 6.08 Å². The SMILES string of the molecule is CN(C)c1nc(C(C)(C)C)c(/C=C/C(=O)O)s1. The van der Waals surface area contributed by atoms with Crippen molar-refractivity contribution < 1.29 is 9.90 Å². The smallest absolute Gasteiger partial charge is 0.328 e. The molecule has 0 spiro atoms. The number of anilines is 1. The Morgan fingerprint density at radius 1 is 1.41 bits per heavy atom. The number of rotatable bonds is 3. The van der Waals surface area contributed by atoms with Crippen LogP contribution in [0.25, 0.3) is 6.08 Å². The lowest BCUT2D eigenvalue weighted by atomic mass is 9.91. The molecule has 1 heterocycles. The lowest BCUT2D eigenvalue weighted by molar-refractivity contribution is -0.131. The number of aliphatic carboxylic acids is 1. The average molecular weight is 254 g/mol. The first kappa shape index (κ1) is 13.7. The van der Waals surface area contributed by atoms with Gasteiger partial charge in [-0.3, -0.25) is 0 Å². The molecule has 5 heteroatoms. The molecule has 0 unspecified atom stereocenters.